The summed E-state index contributed by atoms with van der Waals surface area (Å²) in [5, 5.41) is 0. The molecule has 0 aromatic heterocycles. The first kappa shape index (κ1) is 9.08. The van der Waals surface area contributed by atoms with Crippen molar-refractivity contribution in [1.82, 2.24) is 0 Å². The number of ether oxygens (including phenoxy) is 1. The van der Waals surface area contributed by atoms with Crippen LogP contribution in [0.1, 0.15) is 6.92 Å². The standard InChI is InChI=1S/C9H8BrNO/c1-3-12-9-7(10)5-4-6-8(9)11-2/h4-6H,3H2,1H3. The summed E-state index contributed by atoms with van der Waals surface area (Å²) in [6, 6.07) is 5.42. The fourth-order valence-electron chi connectivity index (χ4n) is 0.873. The highest BCUT2D eigenvalue weighted by Gasteiger charge is 2.05. The number of hydrogen-bond donors (Lipinski definition) is 0. The van der Waals surface area contributed by atoms with Gasteiger partial charge in [-0.3, -0.25) is 0 Å². The maximum Gasteiger partial charge on any atom is 0.229 e. The summed E-state index contributed by atoms with van der Waals surface area (Å²) in [7, 11) is 0. The van der Waals surface area contributed by atoms with Gasteiger partial charge in [-0.2, -0.15) is 0 Å². The molecule has 62 valence electrons. The van der Waals surface area contributed by atoms with Crippen LogP contribution in [0, 0.1) is 6.57 Å². The highest BCUT2D eigenvalue weighted by molar-refractivity contribution is 9.10. The molecule has 0 fully saturated rings. The van der Waals surface area contributed by atoms with Crippen molar-refractivity contribution in [2.75, 3.05) is 6.61 Å². The first-order valence-electron chi connectivity index (χ1n) is 3.58. The third-order valence-corrected chi connectivity index (χ3v) is 1.98. The lowest BCUT2D eigenvalue weighted by Gasteiger charge is -2.06. The average Bonchev–Trinajstić information content (AvgIpc) is 2.09. The van der Waals surface area contributed by atoms with E-state index < -0.39 is 0 Å². The molecule has 1 aromatic rings. The number of hydrogen-bond acceptors (Lipinski definition) is 1. The summed E-state index contributed by atoms with van der Waals surface area (Å²) >= 11 is 3.32. The normalized spacial score (nSPS) is 9.08. The third-order valence-electron chi connectivity index (χ3n) is 1.36. The van der Waals surface area contributed by atoms with Gasteiger partial charge in [0.1, 0.15) is 5.75 Å². The Hall–Kier alpha value is -1.01. The Balaban J connectivity index is 3.13. The molecule has 0 spiro atoms. The molecule has 0 saturated carbocycles. The zero-order valence-electron chi connectivity index (χ0n) is 6.67. The molecule has 0 saturated heterocycles. The lowest BCUT2D eigenvalue weighted by atomic mass is 10.3. The number of nitrogens with zero attached hydrogens (tertiary/aromatic N) is 1. The Morgan fingerprint density at radius 3 is 2.92 bits per heavy atom. The smallest absolute Gasteiger partial charge is 0.229 e. The predicted octanol–water partition coefficient (Wildman–Crippen LogP) is 3.40. The zero-order chi connectivity index (χ0) is 8.97. The van der Waals surface area contributed by atoms with Gasteiger partial charge in [-0.15, -0.1) is 0 Å². The second kappa shape index (κ2) is 4.13. The summed E-state index contributed by atoms with van der Waals surface area (Å²) in [4.78, 5) is 3.34. The van der Waals surface area contributed by atoms with Crippen molar-refractivity contribution in [1.29, 1.82) is 0 Å². The van der Waals surface area contributed by atoms with Crippen LogP contribution in [0.15, 0.2) is 22.7 Å². The van der Waals surface area contributed by atoms with Gasteiger partial charge in [0, 0.05) is 4.47 Å². The summed E-state index contributed by atoms with van der Waals surface area (Å²) in [5.41, 5.74) is 0.547. The van der Waals surface area contributed by atoms with Crippen molar-refractivity contribution in [3.8, 4) is 5.75 Å². The molecule has 12 heavy (non-hydrogen) atoms. The lowest BCUT2D eigenvalue weighted by molar-refractivity contribution is 0.340. The minimum Gasteiger partial charge on any atom is -0.504 e. The molecule has 3 heteroatoms. The van der Waals surface area contributed by atoms with Crippen LogP contribution in [0.4, 0.5) is 5.69 Å². The van der Waals surface area contributed by atoms with Gasteiger partial charge in [0.15, 0.2) is 0 Å². The Morgan fingerprint density at radius 2 is 2.33 bits per heavy atom. The molecule has 0 aliphatic heterocycles. The van der Waals surface area contributed by atoms with E-state index >= 15 is 0 Å². The van der Waals surface area contributed by atoms with Crippen molar-refractivity contribution < 1.29 is 4.74 Å². The van der Waals surface area contributed by atoms with Gasteiger partial charge >= 0.3 is 0 Å². The van der Waals surface area contributed by atoms with Crippen LogP contribution in [-0.4, -0.2) is 6.61 Å². The summed E-state index contributed by atoms with van der Waals surface area (Å²) in [6.07, 6.45) is 0. The van der Waals surface area contributed by atoms with Gasteiger partial charge < -0.3 is 4.74 Å². The molecule has 1 rings (SSSR count). The van der Waals surface area contributed by atoms with E-state index in [0.717, 1.165) is 4.47 Å². The molecule has 1 aromatic carbocycles. The Bertz CT molecular complexity index is 317. The highest BCUT2D eigenvalue weighted by atomic mass is 79.9. The molecule has 0 N–H and O–H groups in total. The van der Waals surface area contributed by atoms with Gasteiger partial charge in [-0.25, -0.2) is 4.85 Å². The second-order valence-corrected chi connectivity index (χ2v) is 2.99. The fraction of sp³-hybridized carbons (Fsp3) is 0.222. The van der Waals surface area contributed by atoms with Gasteiger partial charge in [0.05, 0.1) is 13.2 Å². The van der Waals surface area contributed by atoms with E-state index in [1.807, 2.05) is 19.1 Å². The van der Waals surface area contributed by atoms with Crippen LogP contribution in [0.25, 0.3) is 4.85 Å². The summed E-state index contributed by atoms with van der Waals surface area (Å²) in [6.45, 7) is 9.35. The van der Waals surface area contributed by atoms with E-state index in [-0.39, 0.29) is 0 Å². The maximum absolute atomic E-state index is 6.88. The van der Waals surface area contributed by atoms with Crippen molar-refractivity contribution in [2.24, 2.45) is 0 Å². The van der Waals surface area contributed by atoms with Crippen LogP contribution in [0.2, 0.25) is 0 Å². The van der Waals surface area contributed by atoms with Crippen LogP contribution < -0.4 is 4.74 Å². The van der Waals surface area contributed by atoms with Crippen molar-refractivity contribution in [3.63, 3.8) is 0 Å². The number of halogens is 1. The molecule has 0 bridgehead atoms. The topological polar surface area (TPSA) is 13.6 Å². The maximum atomic E-state index is 6.88. The van der Waals surface area contributed by atoms with Gasteiger partial charge in [0.2, 0.25) is 5.69 Å². The largest absolute Gasteiger partial charge is 0.504 e. The Morgan fingerprint density at radius 1 is 1.58 bits per heavy atom. The third kappa shape index (κ3) is 1.77. The number of benzene rings is 1. The van der Waals surface area contributed by atoms with Crippen molar-refractivity contribution in [2.45, 2.75) is 6.92 Å². The minimum absolute atomic E-state index is 0.547. The fourth-order valence-corrected chi connectivity index (χ4v) is 1.34. The molecule has 0 amide bonds. The molecule has 2 nitrogen and oxygen atoms in total. The van der Waals surface area contributed by atoms with Gasteiger partial charge in [-0.05, 0) is 28.9 Å². The molecule has 0 unspecified atom stereocenters. The first-order chi connectivity index (χ1) is 5.79. The van der Waals surface area contributed by atoms with Crippen molar-refractivity contribution in [3.05, 3.63) is 34.1 Å². The van der Waals surface area contributed by atoms with E-state index in [0.29, 0.717) is 18.0 Å². The highest BCUT2D eigenvalue weighted by Crippen LogP contribution is 2.34. The molecule has 0 heterocycles. The van der Waals surface area contributed by atoms with Crippen molar-refractivity contribution >= 4 is 21.6 Å². The van der Waals surface area contributed by atoms with Gasteiger partial charge in [-0.1, -0.05) is 12.1 Å². The van der Waals surface area contributed by atoms with E-state index in [1.54, 1.807) is 6.07 Å². The lowest BCUT2D eigenvalue weighted by Crippen LogP contribution is -1.91. The van der Waals surface area contributed by atoms with Crippen LogP contribution in [0.3, 0.4) is 0 Å². The Kier molecular flexibility index (Phi) is 3.12. The van der Waals surface area contributed by atoms with Gasteiger partial charge in [0.25, 0.3) is 0 Å². The Labute approximate surface area is 80.1 Å². The SMILES string of the molecule is [C-]#[N+]c1cccc(Br)c1OCC. The predicted molar refractivity (Wildman–Crippen MR) is 51.6 cm³/mol. The van der Waals surface area contributed by atoms with E-state index in [4.69, 9.17) is 11.3 Å². The first-order valence-corrected chi connectivity index (χ1v) is 4.37. The minimum atomic E-state index is 0.547. The zero-order valence-corrected chi connectivity index (χ0v) is 8.26. The second-order valence-electron chi connectivity index (χ2n) is 2.13. The van der Waals surface area contributed by atoms with Crippen LogP contribution >= 0.6 is 15.9 Å². The van der Waals surface area contributed by atoms with Crippen LogP contribution in [0.5, 0.6) is 5.75 Å². The number of para-hydroxylation sites is 1. The summed E-state index contributed by atoms with van der Waals surface area (Å²) in [5.74, 6) is 0.634. The molecule has 0 aliphatic carbocycles. The molecular formula is C9H8BrNO. The average molecular weight is 226 g/mol. The molecular weight excluding hydrogens is 218 g/mol. The van der Waals surface area contributed by atoms with Crippen LogP contribution in [-0.2, 0) is 0 Å². The monoisotopic (exact) mass is 225 g/mol. The summed E-state index contributed by atoms with van der Waals surface area (Å²) < 4.78 is 6.13. The molecule has 0 atom stereocenters. The molecule has 0 aliphatic rings. The van der Waals surface area contributed by atoms with E-state index in [1.165, 1.54) is 0 Å². The quantitative estimate of drug-likeness (QED) is 0.704. The van der Waals surface area contributed by atoms with E-state index in [2.05, 4.69) is 20.8 Å². The van der Waals surface area contributed by atoms with E-state index in [9.17, 15) is 0 Å². The molecule has 0 radical (unpaired) electrons. The number of rotatable bonds is 2.